The van der Waals surface area contributed by atoms with Gasteiger partial charge in [0.1, 0.15) is 17.2 Å². The fourth-order valence-corrected chi connectivity index (χ4v) is 4.72. The average Bonchev–Trinajstić information content (AvgIpc) is 3.27. The van der Waals surface area contributed by atoms with Crippen molar-refractivity contribution in [3.63, 3.8) is 0 Å². The average molecular weight is 481 g/mol. The molecule has 0 fully saturated rings. The summed E-state index contributed by atoms with van der Waals surface area (Å²) in [5.74, 6) is 0.579. The highest BCUT2D eigenvalue weighted by Gasteiger charge is 2.24. The van der Waals surface area contributed by atoms with E-state index in [4.69, 9.17) is 9.47 Å². The lowest BCUT2D eigenvalue weighted by Crippen LogP contribution is -2.27. The van der Waals surface area contributed by atoms with Crippen molar-refractivity contribution >= 4 is 32.5 Å². The Bertz CT molecular complexity index is 1400. The molecule has 2 heterocycles. The number of nitrogens with zero attached hydrogens (tertiary/aromatic N) is 1. The Hall–Kier alpha value is -4.05. The third kappa shape index (κ3) is 4.81. The summed E-state index contributed by atoms with van der Waals surface area (Å²) in [6, 6.07) is 8.36. The Morgan fingerprint density at radius 2 is 2.00 bits per heavy atom. The first-order valence-corrected chi connectivity index (χ1v) is 11.8. The van der Waals surface area contributed by atoms with Gasteiger partial charge in [0.25, 0.3) is 15.9 Å². The van der Waals surface area contributed by atoms with Crippen LogP contribution in [0, 0.1) is 0 Å². The zero-order valence-electron chi connectivity index (χ0n) is 18.7. The maximum absolute atomic E-state index is 13.0. The highest BCUT2D eigenvalue weighted by atomic mass is 32.2. The van der Waals surface area contributed by atoms with Crippen molar-refractivity contribution in [2.24, 2.45) is 0 Å². The van der Waals surface area contributed by atoms with Crippen LogP contribution in [0.1, 0.15) is 16.9 Å². The number of carbonyl (C=O) groups is 1. The molecule has 9 nitrogen and oxygen atoms in total. The minimum absolute atomic E-state index is 0.112. The van der Waals surface area contributed by atoms with Gasteiger partial charge in [-0.2, -0.15) is 0 Å². The number of hydrogen-bond acceptors (Lipinski definition) is 6. The quantitative estimate of drug-likeness (QED) is 0.453. The van der Waals surface area contributed by atoms with Crippen molar-refractivity contribution in [2.75, 3.05) is 25.5 Å². The van der Waals surface area contributed by atoms with E-state index in [9.17, 15) is 13.2 Å². The molecule has 1 aromatic carbocycles. The van der Waals surface area contributed by atoms with E-state index in [1.54, 1.807) is 48.8 Å². The summed E-state index contributed by atoms with van der Waals surface area (Å²) in [5.41, 5.74) is 2.84. The standard InChI is InChI=1S/C24H24N4O5S/c1-15-10-19(34(30,31)28-21-12-18(32-2)5-7-23(21)33-3)6-4-16(15)14-26-24(29)22-11-17-13-25-9-8-20(17)27-22/h4-9,11-13,27-28H,1,10,14H2,2-3H3,(H,26,29). The van der Waals surface area contributed by atoms with Crippen LogP contribution in [0.3, 0.4) is 0 Å². The second kappa shape index (κ2) is 9.44. The fourth-order valence-electron chi connectivity index (χ4n) is 3.53. The molecule has 3 aromatic rings. The number of anilines is 1. The number of aromatic nitrogens is 2. The van der Waals surface area contributed by atoms with E-state index in [-0.39, 0.29) is 29.5 Å². The number of nitrogens with one attached hydrogen (secondary N) is 3. The number of H-pyrrole nitrogens is 1. The Balaban J connectivity index is 1.46. The lowest BCUT2D eigenvalue weighted by molar-refractivity contribution is 0.0953. The molecule has 0 atom stereocenters. The lowest BCUT2D eigenvalue weighted by Gasteiger charge is -2.19. The maximum Gasteiger partial charge on any atom is 0.267 e. The first-order valence-electron chi connectivity index (χ1n) is 10.3. The molecule has 176 valence electrons. The van der Waals surface area contributed by atoms with Gasteiger partial charge in [-0.3, -0.25) is 14.5 Å². The van der Waals surface area contributed by atoms with E-state index in [0.29, 0.717) is 22.8 Å². The number of rotatable bonds is 8. The summed E-state index contributed by atoms with van der Waals surface area (Å²) < 4.78 is 38.9. The van der Waals surface area contributed by atoms with Gasteiger partial charge in [0, 0.05) is 42.3 Å². The van der Waals surface area contributed by atoms with E-state index in [1.807, 2.05) is 0 Å². The van der Waals surface area contributed by atoms with E-state index >= 15 is 0 Å². The fraction of sp³-hybridized carbons (Fsp3) is 0.167. The van der Waals surface area contributed by atoms with Crippen LogP contribution in [0.5, 0.6) is 11.5 Å². The molecular formula is C24H24N4O5S. The summed E-state index contributed by atoms with van der Waals surface area (Å²) in [6.07, 6.45) is 6.60. The van der Waals surface area contributed by atoms with E-state index < -0.39 is 10.0 Å². The minimum Gasteiger partial charge on any atom is -0.497 e. The molecule has 0 aliphatic heterocycles. The Morgan fingerprint density at radius 3 is 2.71 bits per heavy atom. The van der Waals surface area contributed by atoms with Gasteiger partial charge in [0.05, 0.1) is 24.8 Å². The largest absolute Gasteiger partial charge is 0.497 e. The van der Waals surface area contributed by atoms with Gasteiger partial charge in [0.15, 0.2) is 0 Å². The van der Waals surface area contributed by atoms with Gasteiger partial charge in [-0.25, -0.2) is 8.42 Å². The summed E-state index contributed by atoms with van der Waals surface area (Å²) in [6.45, 7) is 4.21. The Kier molecular flexibility index (Phi) is 6.42. The van der Waals surface area contributed by atoms with Gasteiger partial charge in [-0.1, -0.05) is 12.7 Å². The zero-order chi connectivity index (χ0) is 24.3. The zero-order valence-corrected chi connectivity index (χ0v) is 19.5. The molecule has 0 radical (unpaired) electrons. The highest BCUT2D eigenvalue weighted by Crippen LogP contribution is 2.33. The predicted molar refractivity (Wildman–Crippen MR) is 130 cm³/mol. The molecule has 0 saturated carbocycles. The summed E-state index contributed by atoms with van der Waals surface area (Å²) >= 11 is 0. The first kappa shape index (κ1) is 23.1. The van der Waals surface area contributed by atoms with E-state index in [0.717, 1.165) is 16.5 Å². The van der Waals surface area contributed by atoms with Crippen molar-refractivity contribution in [2.45, 2.75) is 6.42 Å². The third-order valence-corrected chi connectivity index (χ3v) is 6.87. The molecule has 10 heteroatoms. The highest BCUT2D eigenvalue weighted by molar-refractivity contribution is 7.96. The molecule has 1 amide bonds. The van der Waals surface area contributed by atoms with Crippen LogP contribution in [0.4, 0.5) is 5.69 Å². The van der Waals surface area contributed by atoms with Gasteiger partial charge < -0.3 is 19.8 Å². The monoisotopic (exact) mass is 480 g/mol. The second-order valence-corrected chi connectivity index (χ2v) is 9.34. The number of methoxy groups -OCH3 is 2. The molecule has 1 aliphatic rings. The number of carbonyl (C=O) groups excluding carboxylic acids is 1. The van der Waals surface area contributed by atoms with Crippen molar-refractivity contribution in [3.8, 4) is 11.5 Å². The number of fused-ring (bicyclic) bond motifs is 1. The molecule has 3 N–H and O–H groups in total. The van der Waals surface area contributed by atoms with Crippen molar-refractivity contribution in [3.05, 3.63) is 83.2 Å². The van der Waals surface area contributed by atoms with Gasteiger partial charge >= 0.3 is 0 Å². The Morgan fingerprint density at radius 1 is 1.18 bits per heavy atom. The second-order valence-electron chi connectivity index (χ2n) is 7.61. The van der Waals surface area contributed by atoms with Gasteiger partial charge in [-0.15, -0.1) is 0 Å². The number of pyridine rings is 1. The SMILES string of the molecule is C=C1CC(S(=O)(=O)Nc2cc(OC)ccc2OC)=CC=C1CNC(=O)c1cc2cnccc2[nH]1. The molecular weight excluding hydrogens is 456 g/mol. The number of allylic oxidation sites excluding steroid dienone is 3. The van der Waals surface area contributed by atoms with Gasteiger partial charge in [0.2, 0.25) is 0 Å². The molecule has 2 aromatic heterocycles. The number of aromatic amines is 1. The van der Waals surface area contributed by atoms with Crippen LogP contribution in [0.25, 0.3) is 10.9 Å². The summed E-state index contributed by atoms with van der Waals surface area (Å²) in [5, 5.41) is 3.68. The van der Waals surface area contributed by atoms with Crippen LogP contribution in [0.15, 0.2) is 77.5 Å². The van der Waals surface area contributed by atoms with Crippen LogP contribution in [-0.4, -0.2) is 45.1 Å². The number of benzene rings is 1. The summed E-state index contributed by atoms with van der Waals surface area (Å²) in [7, 11) is -0.918. The van der Waals surface area contributed by atoms with Crippen LogP contribution >= 0.6 is 0 Å². The summed E-state index contributed by atoms with van der Waals surface area (Å²) in [4.78, 5) is 19.8. The molecule has 1 aliphatic carbocycles. The normalized spacial score (nSPS) is 13.8. The van der Waals surface area contributed by atoms with Crippen molar-refractivity contribution in [1.82, 2.24) is 15.3 Å². The smallest absolute Gasteiger partial charge is 0.267 e. The number of ether oxygens (including phenoxy) is 2. The Labute approximate surface area is 197 Å². The van der Waals surface area contributed by atoms with Gasteiger partial charge in [-0.05, 0) is 41.5 Å². The predicted octanol–water partition coefficient (Wildman–Crippen LogP) is 3.52. The molecule has 34 heavy (non-hydrogen) atoms. The van der Waals surface area contributed by atoms with E-state index in [2.05, 4.69) is 26.6 Å². The van der Waals surface area contributed by atoms with Crippen molar-refractivity contribution < 1.29 is 22.7 Å². The lowest BCUT2D eigenvalue weighted by atomic mass is 9.99. The number of sulfonamides is 1. The van der Waals surface area contributed by atoms with Crippen molar-refractivity contribution in [1.29, 1.82) is 0 Å². The first-order chi connectivity index (χ1) is 16.3. The number of hydrogen-bond donors (Lipinski definition) is 3. The molecule has 0 bridgehead atoms. The third-order valence-electron chi connectivity index (χ3n) is 5.41. The number of amides is 1. The van der Waals surface area contributed by atoms with Crippen LogP contribution in [-0.2, 0) is 10.0 Å². The van der Waals surface area contributed by atoms with E-state index in [1.165, 1.54) is 20.3 Å². The maximum atomic E-state index is 13.0. The molecule has 0 spiro atoms. The topological polar surface area (TPSA) is 122 Å². The molecule has 0 saturated heterocycles. The minimum atomic E-state index is -3.87. The molecule has 0 unspecified atom stereocenters. The molecule has 4 rings (SSSR count). The van der Waals surface area contributed by atoms with Crippen LogP contribution in [0.2, 0.25) is 0 Å². The van der Waals surface area contributed by atoms with Crippen LogP contribution < -0.4 is 19.5 Å².